The van der Waals surface area contributed by atoms with Gasteiger partial charge in [-0.25, -0.2) is 4.39 Å². The summed E-state index contributed by atoms with van der Waals surface area (Å²) in [7, 11) is 0.404. The van der Waals surface area contributed by atoms with Crippen molar-refractivity contribution in [1.82, 2.24) is 15.1 Å². The van der Waals surface area contributed by atoms with Crippen LogP contribution >= 0.6 is 11.6 Å². The molecular formula is C32H41ClFN3O5S. The van der Waals surface area contributed by atoms with Gasteiger partial charge in [-0.05, 0) is 48.7 Å². The van der Waals surface area contributed by atoms with Gasteiger partial charge in [-0.1, -0.05) is 43.0 Å². The number of benzene rings is 2. The van der Waals surface area contributed by atoms with Crippen LogP contribution in [0.3, 0.4) is 0 Å². The van der Waals surface area contributed by atoms with Crippen molar-refractivity contribution in [2.45, 2.75) is 50.5 Å². The number of amides is 2. The lowest BCUT2D eigenvalue weighted by Gasteiger charge is -2.50. The third-order valence-electron chi connectivity index (χ3n) is 8.86. The van der Waals surface area contributed by atoms with Crippen molar-refractivity contribution >= 4 is 40.5 Å². The molecule has 2 amide bonds. The minimum Gasteiger partial charge on any atom is -0.494 e. The number of carbonyl (C=O) groups excluding carboxylic acids is 3. The molecule has 3 aliphatic rings. The molecule has 2 aromatic carbocycles. The van der Waals surface area contributed by atoms with Crippen LogP contribution in [0.25, 0.3) is 0 Å². The molecule has 0 radical (unpaired) electrons. The number of ether oxygens (including phenoxy) is 1. The summed E-state index contributed by atoms with van der Waals surface area (Å²) in [5.74, 6) is 0.528. The average Bonchev–Trinajstić information content (AvgIpc) is 3.42. The maximum atomic E-state index is 13.5. The number of methoxy groups -OCH3 is 1. The lowest BCUT2D eigenvalue weighted by Crippen LogP contribution is -2.62. The molecule has 234 valence electrons. The number of hydrogen-bond acceptors (Lipinski definition) is 6. The first kappa shape index (κ1) is 33.1. The van der Waals surface area contributed by atoms with Crippen LogP contribution in [-0.4, -0.2) is 89.0 Å². The predicted molar refractivity (Wildman–Crippen MR) is 167 cm³/mol. The predicted octanol–water partition coefficient (Wildman–Crippen LogP) is 4.43. The van der Waals surface area contributed by atoms with Gasteiger partial charge in [-0.3, -0.25) is 23.5 Å². The molecule has 2 saturated heterocycles. The van der Waals surface area contributed by atoms with Gasteiger partial charge in [0.1, 0.15) is 6.29 Å². The molecule has 1 unspecified atom stereocenters. The zero-order valence-electron chi connectivity index (χ0n) is 24.9. The van der Waals surface area contributed by atoms with Crippen molar-refractivity contribution < 1.29 is 27.7 Å². The molecule has 2 aliphatic heterocycles. The van der Waals surface area contributed by atoms with E-state index in [4.69, 9.17) is 11.6 Å². The fourth-order valence-corrected chi connectivity index (χ4v) is 8.34. The second kappa shape index (κ2) is 15.3. The fraction of sp³-hybridized carbons (Fsp3) is 0.531. The van der Waals surface area contributed by atoms with E-state index in [1.165, 1.54) is 38.5 Å². The van der Waals surface area contributed by atoms with Gasteiger partial charge in [0.05, 0.1) is 13.0 Å². The number of rotatable bonds is 7. The Kier molecular flexibility index (Phi) is 11.7. The Morgan fingerprint density at radius 2 is 1.74 bits per heavy atom. The van der Waals surface area contributed by atoms with Crippen LogP contribution in [0.5, 0.6) is 5.75 Å². The smallest absolute Gasteiger partial charge is 0.227 e. The average molecular weight is 634 g/mol. The Morgan fingerprint density at radius 3 is 2.33 bits per heavy atom. The van der Waals surface area contributed by atoms with Gasteiger partial charge in [-0.15, -0.1) is 0 Å². The molecule has 5 rings (SSSR count). The van der Waals surface area contributed by atoms with Crippen molar-refractivity contribution in [3.05, 3.63) is 64.4 Å². The number of piperazine rings is 1. The molecule has 0 bridgehead atoms. The molecule has 1 aliphatic carbocycles. The van der Waals surface area contributed by atoms with Gasteiger partial charge in [-0.2, -0.15) is 0 Å². The van der Waals surface area contributed by atoms with Gasteiger partial charge in [0, 0.05) is 84.0 Å². The van der Waals surface area contributed by atoms with Crippen molar-refractivity contribution in [2.75, 3.05) is 51.3 Å². The maximum absolute atomic E-state index is 13.5. The van der Waals surface area contributed by atoms with Crippen molar-refractivity contribution in [2.24, 2.45) is 5.92 Å². The molecular weight excluding hydrogens is 593 g/mol. The summed E-state index contributed by atoms with van der Waals surface area (Å²) >= 11 is 6.03. The van der Waals surface area contributed by atoms with Crippen LogP contribution in [0.15, 0.2) is 42.5 Å². The number of nitrogens with one attached hydrogen (secondary N) is 1. The largest absolute Gasteiger partial charge is 0.494 e. The highest BCUT2D eigenvalue weighted by atomic mass is 35.5. The molecule has 1 saturated carbocycles. The molecule has 2 heterocycles. The monoisotopic (exact) mass is 633 g/mol. The first-order valence-electron chi connectivity index (χ1n) is 14.8. The molecule has 3 fully saturated rings. The molecule has 3 atom stereocenters. The first-order chi connectivity index (χ1) is 20.7. The Balaban J connectivity index is 0.000000324. The maximum Gasteiger partial charge on any atom is 0.227 e. The van der Waals surface area contributed by atoms with Crippen molar-refractivity contribution in [3.63, 3.8) is 0 Å². The number of halogens is 2. The summed E-state index contributed by atoms with van der Waals surface area (Å²) in [6, 6.07) is 11.7. The molecule has 1 N–H and O–H groups in total. The number of carbonyl (C=O) groups is 3. The zero-order chi connectivity index (χ0) is 31.0. The summed E-state index contributed by atoms with van der Waals surface area (Å²) in [5, 5.41) is 3.73. The van der Waals surface area contributed by atoms with Gasteiger partial charge in [0.2, 0.25) is 11.8 Å². The van der Waals surface area contributed by atoms with E-state index in [2.05, 4.69) is 15.0 Å². The van der Waals surface area contributed by atoms with E-state index >= 15 is 0 Å². The second-order valence-electron chi connectivity index (χ2n) is 11.6. The summed E-state index contributed by atoms with van der Waals surface area (Å²) in [4.78, 5) is 39.7. The Morgan fingerprint density at radius 1 is 1.07 bits per heavy atom. The molecule has 0 aromatic heterocycles. The third kappa shape index (κ3) is 8.42. The summed E-state index contributed by atoms with van der Waals surface area (Å²) in [5.41, 5.74) is 1.37. The van der Waals surface area contributed by atoms with E-state index in [-0.39, 0.29) is 34.9 Å². The molecule has 2 aromatic rings. The van der Waals surface area contributed by atoms with Crippen LogP contribution in [-0.2, 0) is 20.4 Å². The third-order valence-corrected chi connectivity index (χ3v) is 10.6. The van der Waals surface area contributed by atoms with Crippen molar-refractivity contribution in [3.8, 4) is 5.75 Å². The Bertz CT molecular complexity index is 1300. The van der Waals surface area contributed by atoms with Crippen LogP contribution < -0.4 is 10.1 Å². The minimum absolute atomic E-state index is 0.0110. The summed E-state index contributed by atoms with van der Waals surface area (Å²) < 4.78 is 29.8. The highest BCUT2D eigenvalue weighted by Crippen LogP contribution is 2.37. The highest BCUT2D eigenvalue weighted by molar-refractivity contribution is 7.85. The summed E-state index contributed by atoms with van der Waals surface area (Å²) in [6.07, 6.45) is 6.42. The normalized spacial score (nSPS) is 23.5. The molecule has 0 spiro atoms. The Labute approximate surface area is 260 Å². The van der Waals surface area contributed by atoms with E-state index in [0.29, 0.717) is 48.0 Å². The van der Waals surface area contributed by atoms with Gasteiger partial charge in [0.15, 0.2) is 11.6 Å². The summed E-state index contributed by atoms with van der Waals surface area (Å²) in [6.45, 7) is 5.31. The van der Waals surface area contributed by atoms with Gasteiger partial charge >= 0.3 is 0 Å². The molecule has 11 heteroatoms. The van der Waals surface area contributed by atoms with Crippen LogP contribution in [0.1, 0.15) is 60.9 Å². The quantitative estimate of drug-likeness (QED) is 0.453. The highest BCUT2D eigenvalue weighted by Gasteiger charge is 2.43. The van der Waals surface area contributed by atoms with Crippen LogP contribution in [0, 0.1) is 11.7 Å². The molecule has 8 nitrogen and oxygen atoms in total. The van der Waals surface area contributed by atoms with E-state index in [1.54, 1.807) is 6.92 Å². The van der Waals surface area contributed by atoms with E-state index in [0.717, 1.165) is 37.6 Å². The first-order valence-corrected chi connectivity index (χ1v) is 16.7. The van der Waals surface area contributed by atoms with E-state index < -0.39 is 16.6 Å². The standard InChI is InChI=1S/C24H34ClN3O3S.C8H7FO2/c1-18(29)26-17-24(9-3-2-4-10-24)28-13-11-27(12-14-28)23(30)22-16-32(31)15-21(22)19-5-7-20(25)8-6-19;1-11-8-3-2-6(5-10)4-7(8)9/h5-8,21-22H,2-4,9-17H2,1H3,(H,26,29);2-5H,1H3/t21-,22+,32?;/m0./s1. The van der Waals surface area contributed by atoms with Crippen LogP contribution in [0.2, 0.25) is 5.02 Å². The SMILES string of the molecule is CC(=O)NCC1(N2CCN(C(=O)[C@@H]3CS(=O)C[C@H]3c3ccc(Cl)cc3)CC2)CCCCC1.COc1ccc(C=O)cc1F. The van der Waals surface area contributed by atoms with E-state index in [1.807, 2.05) is 29.2 Å². The fourth-order valence-electron chi connectivity index (χ4n) is 6.48. The minimum atomic E-state index is -0.970. The lowest BCUT2D eigenvalue weighted by molar-refractivity contribution is -0.138. The lowest BCUT2D eigenvalue weighted by atomic mass is 9.79. The zero-order valence-corrected chi connectivity index (χ0v) is 26.4. The van der Waals surface area contributed by atoms with Crippen molar-refractivity contribution in [1.29, 1.82) is 0 Å². The molecule has 43 heavy (non-hydrogen) atoms. The van der Waals surface area contributed by atoms with E-state index in [9.17, 15) is 23.0 Å². The van der Waals surface area contributed by atoms with Gasteiger partial charge in [0.25, 0.3) is 0 Å². The number of hydrogen-bond donors (Lipinski definition) is 1. The topological polar surface area (TPSA) is 96.0 Å². The Hall–Kier alpha value is -2.82. The van der Waals surface area contributed by atoms with Crippen LogP contribution in [0.4, 0.5) is 4.39 Å². The van der Waals surface area contributed by atoms with Gasteiger partial charge < -0.3 is 15.0 Å². The number of nitrogens with zero attached hydrogens (tertiary/aromatic N) is 2. The number of aldehydes is 1. The second-order valence-corrected chi connectivity index (χ2v) is 13.5.